The van der Waals surface area contributed by atoms with Crippen LogP contribution in [0.5, 0.6) is 0 Å². The van der Waals surface area contributed by atoms with Crippen molar-refractivity contribution in [1.82, 2.24) is 4.90 Å². The lowest BCUT2D eigenvalue weighted by Gasteiger charge is -2.38. The summed E-state index contributed by atoms with van der Waals surface area (Å²) < 4.78 is 0. The second-order valence-corrected chi connectivity index (χ2v) is 5.28. The van der Waals surface area contributed by atoms with Crippen LogP contribution >= 0.6 is 0 Å². The van der Waals surface area contributed by atoms with Gasteiger partial charge in [0.05, 0.1) is 6.10 Å². The van der Waals surface area contributed by atoms with Gasteiger partial charge in [0.15, 0.2) is 0 Å². The number of likely N-dealkylation sites (tertiary alicyclic amines) is 1. The Morgan fingerprint density at radius 2 is 2.00 bits per heavy atom. The Kier molecular flexibility index (Phi) is 2.49. The van der Waals surface area contributed by atoms with Gasteiger partial charge >= 0.3 is 0 Å². The Morgan fingerprint density at radius 3 is 2.69 bits per heavy atom. The molecular weight excluding hydrogens is 198 g/mol. The number of benzene rings is 1. The molecule has 2 heteroatoms. The summed E-state index contributed by atoms with van der Waals surface area (Å²) in [6.45, 7) is 2.10. The second-order valence-electron chi connectivity index (χ2n) is 5.28. The molecule has 0 aromatic heterocycles. The smallest absolute Gasteiger partial charge is 0.0570 e. The molecule has 1 atom stereocenters. The van der Waals surface area contributed by atoms with Crippen LogP contribution in [-0.4, -0.2) is 28.2 Å². The molecule has 1 N–H and O–H groups in total. The monoisotopic (exact) mass is 217 g/mol. The highest BCUT2D eigenvalue weighted by molar-refractivity contribution is 5.17. The molecule has 1 spiro atoms. The summed E-state index contributed by atoms with van der Waals surface area (Å²) in [7, 11) is 0. The molecule has 86 valence electrons. The Morgan fingerprint density at radius 1 is 1.25 bits per heavy atom. The zero-order chi connectivity index (χ0) is 11.0. The van der Waals surface area contributed by atoms with Crippen LogP contribution in [0.3, 0.4) is 0 Å². The van der Waals surface area contributed by atoms with E-state index in [9.17, 15) is 5.11 Å². The van der Waals surface area contributed by atoms with Gasteiger partial charge in [0.25, 0.3) is 0 Å². The Labute approximate surface area is 96.9 Å². The first-order valence-electron chi connectivity index (χ1n) is 6.26. The summed E-state index contributed by atoms with van der Waals surface area (Å²) >= 11 is 0. The topological polar surface area (TPSA) is 23.5 Å². The van der Waals surface area contributed by atoms with Crippen molar-refractivity contribution in [1.29, 1.82) is 0 Å². The number of aliphatic hydroxyl groups is 1. The molecule has 0 radical (unpaired) electrons. The van der Waals surface area contributed by atoms with Crippen molar-refractivity contribution in [3.05, 3.63) is 35.9 Å². The van der Waals surface area contributed by atoms with Crippen molar-refractivity contribution in [2.24, 2.45) is 0 Å². The molecule has 2 aliphatic rings. The summed E-state index contributed by atoms with van der Waals surface area (Å²) in [4.78, 5) is 2.58. The molecular formula is C14H19NO. The van der Waals surface area contributed by atoms with Gasteiger partial charge in [0.2, 0.25) is 0 Å². The standard InChI is InChI=1S/C14H19NO/c16-13-6-9-15(14(10-13)7-8-14)11-12-4-2-1-3-5-12/h1-5,13,16H,6-11H2. The van der Waals surface area contributed by atoms with Crippen molar-refractivity contribution in [2.45, 2.75) is 43.9 Å². The van der Waals surface area contributed by atoms with E-state index in [1.807, 2.05) is 0 Å². The lowest BCUT2D eigenvalue weighted by molar-refractivity contribution is 0.0249. The van der Waals surface area contributed by atoms with E-state index in [0.717, 1.165) is 25.9 Å². The van der Waals surface area contributed by atoms with Gasteiger partial charge in [0, 0.05) is 18.6 Å². The minimum absolute atomic E-state index is 0.0606. The molecule has 1 unspecified atom stereocenters. The molecule has 0 bridgehead atoms. The maximum Gasteiger partial charge on any atom is 0.0570 e. The third-order valence-corrected chi connectivity index (χ3v) is 4.06. The maximum absolute atomic E-state index is 9.74. The molecule has 2 nitrogen and oxygen atoms in total. The average molecular weight is 217 g/mol. The van der Waals surface area contributed by atoms with Gasteiger partial charge in [-0.25, -0.2) is 0 Å². The number of rotatable bonds is 2. The van der Waals surface area contributed by atoms with Gasteiger partial charge in [-0.1, -0.05) is 30.3 Å². The third-order valence-electron chi connectivity index (χ3n) is 4.06. The van der Waals surface area contributed by atoms with Crippen LogP contribution in [0, 0.1) is 0 Å². The van der Waals surface area contributed by atoms with Gasteiger partial charge in [-0.2, -0.15) is 0 Å². The van der Waals surface area contributed by atoms with Crippen LogP contribution in [-0.2, 0) is 6.54 Å². The zero-order valence-electron chi connectivity index (χ0n) is 9.60. The van der Waals surface area contributed by atoms with E-state index < -0.39 is 0 Å². The molecule has 1 saturated carbocycles. The van der Waals surface area contributed by atoms with Crippen LogP contribution in [0.2, 0.25) is 0 Å². The van der Waals surface area contributed by atoms with Crippen LogP contribution < -0.4 is 0 Å². The lowest BCUT2D eigenvalue weighted by Crippen LogP contribution is -2.45. The SMILES string of the molecule is OC1CCN(Cc2ccccc2)C2(CC2)C1. The third kappa shape index (κ3) is 1.87. The Balaban J connectivity index is 1.71. The fourth-order valence-electron chi connectivity index (χ4n) is 2.93. The highest BCUT2D eigenvalue weighted by Crippen LogP contribution is 2.48. The molecule has 1 saturated heterocycles. The van der Waals surface area contributed by atoms with Crippen molar-refractivity contribution in [2.75, 3.05) is 6.54 Å². The van der Waals surface area contributed by atoms with Crippen molar-refractivity contribution < 1.29 is 5.11 Å². The Hall–Kier alpha value is -0.860. The van der Waals surface area contributed by atoms with Gasteiger partial charge in [-0.3, -0.25) is 4.90 Å². The van der Waals surface area contributed by atoms with Gasteiger partial charge in [-0.15, -0.1) is 0 Å². The molecule has 1 aromatic carbocycles. The highest BCUT2D eigenvalue weighted by Gasteiger charge is 2.50. The van der Waals surface area contributed by atoms with E-state index >= 15 is 0 Å². The van der Waals surface area contributed by atoms with Crippen molar-refractivity contribution in [3.63, 3.8) is 0 Å². The molecule has 0 amide bonds. The van der Waals surface area contributed by atoms with Crippen LogP contribution in [0.25, 0.3) is 0 Å². The molecule has 1 aliphatic heterocycles. The minimum atomic E-state index is -0.0606. The lowest BCUT2D eigenvalue weighted by atomic mass is 9.96. The Bertz CT molecular complexity index is 358. The van der Waals surface area contributed by atoms with Gasteiger partial charge in [-0.05, 0) is 31.2 Å². The first kappa shape index (κ1) is 10.3. The summed E-state index contributed by atoms with van der Waals surface area (Å²) in [5.74, 6) is 0. The first-order chi connectivity index (χ1) is 7.78. The normalized spacial score (nSPS) is 28.2. The number of hydrogen-bond donors (Lipinski definition) is 1. The van der Waals surface area contributed by atoms with E-state index in [-0.39, 0.29) is 6.10 Å². The fourth-order valence-corrected chi connectivity index (χ4v) is 2.93. The molecule has 2 fully saturated rings. The van der Waals surface area contributed by atoms with Crippen LogP contribution in [0.4, 0.5) is 0 Å². The van der Waals surface area contributed by atoms with Crippen molar-refractivity contribution in [3.8, 4) is 0 Å². The summed E-state index contributed by atoms with van der Waals surface area (Å²) in [5.41, 5.74) is 1.75. The summed E-state index contributed by atoms with van der Waals surface area (Å²) in [6, 6.07) is 10.7. The van der Waals surface area contributed by atoms with Crippen molar-refractivity contribution >= 4 is 0 Å². The van der Waals surface area contributed by atoms with Gasteiger partial charge in [0.1, 0.15) is 0 Å². The summed E-state index contributed by atoms with van der Waals surface area (Å²) in [6.07, 6.45) is 4.41. The number of piperidine rings is 1. The molecule has 1 heterocycles. The highest BCUT2D eigenvalue weighted by atomic mass is 16.3. The molecule has 1 aromatic rings. The molecule has 16 heavy (non-hydrogen) atoms. The maximum atomic E-state index is 9.74. The van der Waals surface area contributed by atoms with Crippen LogP contribution in [0.15, 0.2) is 30.3 Å². The predicted molar refractivity (Wildman–Crippen MR) is 64.1 cm³/mol. The van der Waals surface area contributed by atoms with E-state index in [0.29, 0.717) is 5.54 Å². The largest absolute Gasteiger partial charge is 0.393 e. The second kappa shape index (κ2) is 3.86. The van der Waals surface area contributed by atoms with E-state index in [1.165, 1.54) is 18.4 Å². The zero-order valence-corrected chi connectivity index (χ0v) is 9.60. The average Bonchev–Trinajstić information content (AvgIpc) is 3.05. The summed E-state index contributed by atoms with van der Waals surface area (Å²) in [5, 5.41) is 9.74. The molecule has 3 rings (SSSR count). The predicted octanol–water partition coefficient (Wildman–Crippen LogP) is 2.18. The minimum Gasteiger partial charge on any atom is -0.393 e. The van der Waals surface area contributed by atoms with E-state index in [4.69, 9.17) is 0 Å². The van der Waals surface area contributed by atoms with E-state index in [2.05, 4.69) is 35.2 Å². The van der Waals surface area contributed by atoms with Gasteiger partial charge < -0.3 is 5.11 Å². The first-order valence-corrected chi connectivity index (χ1v) is 6.26. The number of hydrogen-bond acceptors (Lipinski definition) is 2. The van der Waals surface area contributed by atoms with Crippen LogP contribution in [0.1, 0.15) is 31.2 Å². The quantitative estimate of drug-likeness (QED) is 0.820. The number of nitrogens with zero attached hydrogens (tertiary/aromatic N) is 1. The van der Waals surface area contributed by atoms with E-state index in [1.54, 1.807) is 0 Å². The fraction of sp³-hybridized carbons (Fsp3) is 0.571. The molecule has 1 aliphatic carbocycles. The number of aliphatic hydroxyl groups excluding tert-OH is 1.